The smallest absolute Gasteiger partial charge is 0.337 e. The molecule has 0 unspecified atom stereocenters. The number of carbonyl (C=O) groups excluding carboxylic acids is 1. The molecule has 2 rings (SSSR count). The molecule has 82 valence electrons. The summed E-state index contributed by atoms with van der Waals surface area (Å²) in [5.74, 6) is -0.955. The van der Waals surface area contributed by atoms with Crippen LogP contribution < -0.4 is 5.32 Å². The summed E-state index contributed by atoms with van der Waals surface area (Å²) in [6, 6.07) is 4.77. The third-order valence-corrected chi connectivity index (χ3v) is 2.12. The molecule has 1 amide bonds. The number of aromatic carboxylic acids is 1. The highest BCUT2D eigenvalue weighted by atomic mass is 16.4. The first-order valence-electron chi connectivity index (χ1n) is 4.57. The van der Waals surface area contributed by atoms with Crippen LogP contribution in [-0.2, 0) is 4.79 Å². The predicted molar refractivity (Wildman–Crippen MR) is 57.4 cm³/mol. The minimum atomic E-state index is -1.04. The van der Waals surface area contributed by atoms with E-state index < -0.39 is 5.97 Å². The van der Waals surface area contributed by atoms with Crippen molar-refractivity contribution in [1.29, 1.82) is 0 Å². The van der Waals surface area contributed by atoms with Gasteiger partial charge in [-0.1, -0.05) is 6.07 Å². The predicted octanol–water partition coefficient (Wildman–Crippen LogP) is 1.22. The van der Waals surface area contributed by atoms with Crippen molar-refractivity contribution in [2.24, 2.45) is 0 Å². The molecule has 6 heteroatoms. The molecule has 2 aromatic rings. The van der Waals surface area contributed by atoms with E-state index in [9.17, 15) is 9.59 Å². The van der Waals surface area contributed by atoms with Crippen LogP contribution in [-0.4, -0.2) is 27.2 Å². The molecule has 0 fully saturated rings. The second-order valence-electron chi connectivity index (χ2n) is 3.29. The molecule has 0 radical (unpaired) electrons. The van der Waals surface area contributed by atoms with Gasteiger partial charge in [-0.05, 0) is 12.1 Å². The van der Waals surface area contributed by atoms with Crippen LogP contribution in [0.2, 0.25) is 0 Å². The normalized spacial score (nSPS) is 10.3. The van der Waals surface area contributed by atoms with Gasteiger partial charge in [-0.25, -0.2) is 4.79 Å². The van der Waals surface area contributed by atoms with Crippen molar-refractivity contribution in [1.82, 2.24) is 10.2 Å². The Morgan fingerprint density at radius 2 is 2.19 bits per heavy atom. The van der Waals surface area contributed by atoms with Crippen LogP contribution in [0.25, 0.3) is 10.9 Å². The number of nitrogens with zero attached hydrogens (tertiary/aromatic N) is 1. The third-order valence-electron chi connectivity index (χ3n) is 2.12. The minimum absolute atomic E-state index is 0.126. The number of aromatic amines is 1. The van der Waals surface area contributed by atoms with Gasteiger partial charge in [0.15, 0.2) is 5.82 Å². The topological polar surface area (TPSA) is 95.1 Å². The molecule has 1 aromatic heterocycles. The van der Waals surface area contributed by atoms with Gasteiger partial charge in [-0.3, -0.25) is 9.89 Å². The Bertz CT molecular complexity index is 574. The largest absolute Gasteiger partial charge is 0.478 e. The Morgan fingerprint density at radius 3 is 2.81 bits per heavy atom. The molecule has 0 aliphatic carbocycles. The van der Waals surface area contributed by atoms with E-state index in [1.807, 2.05) is 0 Å². The van der Waals surface area contributed by atoms with Crippen LogP contribution in [0.3, 0.4) is 0 Å². The van der Waals surface area contributed by atoms with Gasteiger partial charge in [-0.15, -0.1) is 0 Å². The number of anilines is 1. The maximum atomic E-state index is 10.9. The molecule has 0 atom stereocenters. The number of carboxylic acids is 1. The summed E-state index contributed by atoms with van der Waals surface area (Å²) in [5, 5.41) is 18.5. The average molecular weight is 219 g/mol. The second kappa shape index (κ2) is 3.65. The number of H-pyrrole nitrogens is 1. The highest BCUT2D eigenvalue weighted by Gasteiger charge is 2.13. The number of rotatable bonds is 2. The average Bonchev–Trinajstić information content (AvgIpc) is 2.60. The molecular weight excluding hydrogens is 210 g/mol. The fourth-order valence-corrected chi connectivity index (χ4v) is 1.48. The first kappa shape index (κ1) is 10.2. The number of carboxylic acid groups (broad SMARTS) is 1. The molecule has 0 aliphatic heterocycles. The van der Waals surface area contributed by atoms with Gasteiger partial charge >= 0.3 is 5.97 Å². The van der Waals surface area contributed by atoms with Crippen molar-refractivity contribution in [2.75, 3.05) is 5.32 Å². The number of carbonyl (C=O) groups is 2. The van der Waals surface area contributed by atoms with E-state index in [2.05, 4.69) is 15.5 Å². The van der Waals surface area contributed by atoms with Gasteiger partial charge in [0.1, 0.15) is 0 Å². The number of nitrogens with one attached hydrogen (secondary N) is 2. The summed E-state index contributed by atoms with van der Waals surface area (Å²) in [6.45, 7) is 1.36. The quantitative estimate of drug-likeness (QED) is 0.707. The van der Waals surface area contributed by atoms with Gasteiger partial charge in [0.25, 0.3) is 0 Å². The lowest BCUT2D eigenvalue weighted by Crippen LogP contribution is -2.06. The number of aromatic nitrogens is 2. The Hall–Kier alpha value is -2.37. The Morgan fingerprint density at radius 1 is 1.44 bits per heavy atom. The maximum absolute atomic E-state index is 10.9. The van der Waals surface area contributed by atoms with Crippen LogP contribution >= 0.6 is 0 Å². The van der Waals surface area contributed by atoms with Gasteiger partial charge < -0.3 is 10.4 Å². The van der Waals surface area contributed by atoms with E-state index in [-0.39, 0.29) is 11.5 Å². The number of para-hydroxylation sites is 1. The van der Waals surface area contributed by atoms with Crippen LogP contribution in [0.4, 0.5) is 5.82 Å². The number of fused-ring (bicyclic) bond motifs is 1. The van der Waals surface area contributed by atoms with Gasteiger partial charge in [0.2, 0.25) is 5.91 Å². The summed E-state index contributed by atoms with van der Waals surface area (Å²) in [7, 11) is 0. The zero-order valence-corrected chi connectivity index (χ0v) is 8.44. The SMILES string of the molecule is CC(=O)Nc1n[nH]c2c(C(=O)O)cccc12. The van der Waals surface area contributed by atoms with Crippen LogP contribution in [0.1, 0.15) is 17.3 Å². The monoisotopic (exact) mass is 219 g/mol. The Kier molecular flexibility index (Phi) is 2.32. The van der Waals surface area contributed by atoms with Crippen molar-refractivity contribution in [3.8, 4) is 0 Å². The van der Waals surface area contributed by atoms with E-state index >= 15 is 0 Å². The lowest BCUT2D eigenvalue weighted by atomic mass is 10.1. The summed E-state index contributed by atoms with van der Waals surface area (Å²) in [5.41, 5.74) is 0.528. The lowest BCUT2D eigenvalue weighted by molar-refractivity contribution is -0.114. The molecule has 0 spiro atoms. The summed E-state index contributed by atoms with van der Waals surface area (Å²) in [6.07, 6.45) is 0. The standard InChI is InChI=1S/C10H9N3O3/c1-5(14)11-9-6-3-2-4-7(10(15)16)8(6)12-13-9/h2-4H,1H3,(H,15,16)(H2,11,12,13,14). The lowest BCUT2D eigenvalue weighted by Gasteiger charge is -1.98. The van der Waals surface area contributed by atoms with Gasteiger partial charge in [0.05, 0.1) is 11.1 Å². The molecule has 3 N–H and O–H groups in total. The molecule has 0 bridgehead atoms. The van der Waals surface area contributed by atoms with Gasteiger partial charge in [-0.2, -0.15) is 5.10 Å². The van der Waals surface area contributed by atoms with E-state index in [0.29, 0.717) is 16.7 Å². The number of hydrogen-bond acceptors (Lipinski definition) is 3. The van der Waals surface area contributed by atoms with Crippen molar-refractivity contribution < 1.29 is 14.7 Å². The zero-order chi connectivity index (χ0) is 11.7. The molecule has 1 heterocycles. The number of hydrogen-bond donors (Lipinski definition) is 3. The van der Waals surface area contributed by atoms with Crippen LogP contribution in [0.15, 0.2) is 18.2 Å². The first-order chi connectivity index (χ1) is 7.59. The van der Waals surface area contributed by atoms with E-state index in [0.717, 1.165) is 0 Å². The summed E-state index contributed by atoms with van der Waals surface area (Å²) < 4.78 is 0. The van der Waals surface area contributed by atoms with E-state index in [1.54, 1.807) is 12.1 Å². The molecule has 0 saturated heterocycles. The maximum Gasteiger partial charge on any atom is 0.337 e. The van der Waals surface area contributed by atoms with Crippen LogP contribution in [0.5, 0.6) is 0 Å². The molecule has 0 aliphatic rings. The fourth-order valence-electron chi connectivity index (χ4n) is 1.48. The van der Waals surface area contributed by atoms with Crippen LogP contribution in [0, 0.1) is 0 Å². The molecular formula is C10H9N3O3. The summed E-state index contributed by atoms with van der Waals surface area (Å²) >= 11 is 0. The van der Waals surface area contributed by atoms with Crippen molar-refractivity contribution in [3.05, 3.63) is 23.8 Å². The molecule has 6 nitrogen and oxygen atoms in total. The van der Waals surface area contributed by atoms with Crippen molar-refractivity contribution >= 4 is 28.6 Å². The van der Waals surface area contributed by atoms with Crippen molar-refractivity contribution in [2.45, 2.75) is 6.92 Å². The fraction of sp³-hybridized carbons (Fsp3) is 0.100. The third kappa shape index (κ3) is 1.60. The minimum Gasteiger partial charge on any atom is -0.478 e. The van der Waals surface area contributed by atoms with E-state index in [1.165, 1.54) is 13.0 Å². The Balaban J connectivity index is 2.61. The highest BCUT2D eigenvalue weighted by Crippen LogP contribution is 2.23. The number of amides is 1. The first-order valence-corrected chi connectivity index (χ1v) is 4.57. The van der Waals surface area contributed by atoms with Gasteiger partial charge in [0, 0.05) is 12.3 Å². The van der Waals surface area contributed by atoms with Crippen molar-refractivity contribution in [3.63, 3.8) is 0 Å². The zero-order valence-electron chi connectivity index (χ0n) is 8.44. The summed E-state index contributed by atoms with van der Waals surface area (Å²) in [4.78, 5) is 21.8. The molecule has 1 aromatic carbocycles. The van der Waals surface area contributed by atoms with E-state index in [4.69, 9.17) is 5.11 Å². The number of benzene rings is 1. The highest BCUT2D eigenvalue weighted by molar-refractivity contribution is 6.07. The molecule has 0 saturated carbocycles. The molecule has 16 heavy (non-hydrogen) atoms. The second-order valence-corrected chi connectivity index (χ2v) is 3.29. The Labute approximate surface area is 90.3 Å².